The molecule has 0 saturated carbocycles. The van der Waals surface area contributed by atoms with Gasteiger partial charge in [0.1, 0.15) is 5.00 Å². The van der Waals surface area contributed by atoms with Gasteiger partial charge in [-0.15, -0.1) is 11.3 Å². The third-order valence-electron chi connectivity index (χ3n) is 5.46. The lowest BCUT2D eigenvalue weighted by molar-refractivity contribution is 0.0526. The Morgan fingerprint density at radius 3 is 2.54 bits per heavy atom. The average molecular weight is 509 g/mol. The van der Waals surface area contributed by atoms with Crippen LogP contribution in [-0.4, -0.2) is 28.5 Å². The van der Waals surface area contributed by atoms with E-state index in [0.717, 1.165) is 5.56 Å². The maximum atomic E-state index is 13.3. The summed E-state index contributed by atoms with van der Waals surface area (Å²) >= 11 is 7.69. The minimum absolute atomic E-state index is 0.257. The van der Waals surface area contributed by atoms with Crippen LogP contribution in [-0.2, 0) is 11.2 Å². The zero-order chi connectivity index (χ0) is 25.1. The second-order valence-electron chi connectivity index (χ2n) is 8.39. The highest BCUT2D eigenvalue weighted by molar-refractivity contribution is 7.14. The molecule has 35 heavy (non-hydrogen) atoms. The molecular formula is C27H25ClN2O4S. The van der Waals surface area contributed by atoms with Crippen molar-refractivity contribution in [1.82, 2.24) is 4.57 Å². The Labute approximate surface area is 212 Å². The Kier molecular flexibility index (Phi) is 7.38. The summed E-state index contributed by atoms with van der Waals surface area (Å²) < 4.78 is 6.46. The minimum atomic E-state index is -0.424. The molecule has 8 heteroatoms. The second kappa shape index (κ2) is 10.5. The fraction of sp³-hybridized carbons (Fsp3) is 0.222. The molecule has 0 saturated heterocycles. The summed E-state index contributed by atoms with van der Waals surface area (Å²) in [6.45, 7) is 6.18. The molecule has 0 amide bonds. The summed E-state index contributed by atoms with van der Waals surface area (Å²) in [7, 11) is 0. The van der Waals surface area contributed by atoms with Crippen LogP contribution in [0, 0.1) is 5.92 Å². The van der Waals surface area contributed by atoms with Crippen molar-refractivity contribution in [2.45, 2.75) is 27.2 Å². The number of ether oxygens (including phenoxy) is 1. The third-order valence-corrected chi connectivity index (χ3v) is 6.72. The molecule has 4 rings (SSSR count). The van der Waals surface area contributed by atoms with Crippen LogP contribution >= 0.6 is 22.9 Å². The van der Waals surface area contributed by atoms with Gasteiger partial charge in [-0.2, -0.15) is 0 Å². The molecule has 0 fully saturated rings. The number of nitrogens with zero attached hydrogens (tertiary/aromatic N) is 2. The molecule has 180 valence electrons. The first kappa shape index (κ1) is 24.7. The number of hydrogen-bond acceptors (Lipinski definition) is 6. The van der Waals surface area contributed by atoms with Crippen molar-refractivity contribution < 1.29 is 14.6 Å². The van der Waals surface area contributed by atoms with Gasteiger partial charge >= 0.3 is 5.97 Å². The van der Waals surface area contributed by atoms with Crippen LogP contribution in [0.2, 0.25) is 5.02 Å². The number of aromatic nitrogens is 1. The number of rotatable bonds is 7. The van der Waals surface area contributed by atoms with Gasteiger partial charge in [-0.3, -0.25) is 4.79 Å². The van der Waals surface area contributed by atoms with Gasteiger partial charge in [-0.05, 0) is 48.4 Å². The van der Waals surface area contributed by atoms with Crippen molar-refractivity contribution in [1.29, 1.82) is 0 Å². The second-order valence-corrected chi connectivity index (χ2v) is 9.66. The lowest BCUT2D eigenvalue weighted by atomic mass is 10.0. The standard InChI is InChI=1S/C27H25ClN2O4S/c1-4-34-27(33)23-17(13-16(2)3)15-35-24(23)29-14-20-18-9-5-6-10-19(18)25(31)30(26(20)32)22-12-8-7-11-21(22)28/h5-12,14-16,32H,4,13H2,1-3H3. The van der Waals surface area contributed by atoms with E-state index in [1.165, 1.54) is 22.1 Å². The fourth-order valence-electron chi connectivity index (χ4n) is 3.96. The van der Waals surface area contributed by atoms with Crippen molar-refractivity contribution in [3.8, 4) is 11.6 Å². The Bertz CT molecular complexity index is 1490. The quantitative estimate of drug-likeness (QED) is 0.227. The van der Waals surface area contributed by atoms with Crippen LogP contribution < -0.4 is 5.56 Å². The lowest BCUT2D eigenvalue weighted by Crippen LogP contribution is -2.20. The molecule has 0 radical (unpaired) electrons. The number of thiophene rings is 1. The number of halogens is 1. The van der Waals surface area contributed by atoms with Crippen molar-refractivity contribution in [3.63, 3.8) is 0 Å². The molecule has 0 aliphatic heterocycles. The number of para-hydroxylation sites is 1. The summed E-state index contributed by atoms with van der Waals surface area (Å²) in [5.41, 5.74) is 1.62. The number of carbonyl (C=O) groups is 1. The van der Waals surface area contributed by atoms with E-state index in [2.05, 4.69) is 18.8 Å². The molecule has 0 bridgehead atoms. The largest absolute Gasteiger partial charge is 0.494 e. The number of fused-ring (bicyclic) bond motifs is 1. The number of aliphatic imine (C=N–C) groups is 1. The molecule has 1 N–H and O–H groups in total. The van der Waals surface area contributed by atoms with E-state index in [1.807, 2.05) is 5.38 Å². The highest BCUT2D eigenvalue weighted by Gasteiger charge is 2.22. The normalized spacial score (nSPS) is 11.6. The summed E-state index contributed by atoms with van der Waals surface area (Å²) in [5, 5.41) is 14.9. The highest BCUT2D eigenvalue weighted by Crippen LogP contribution is 2.34. The average Bonchev–Trinajstić information content (AvgIpc) is 3.22. The predicted molar refractivity (Wildman–Crippen MR) is 142 cm³/mol. The maximum Gasteiger partial charge on any atom is 0.341 e. The SMILES string of the molecule is CCOC(=O)c1c(CC(C)C)csc1N=Cc1c(O)n(-c2ccccc2Cl)c(=O)c2ccccc12. The van der Waals surface area contributed by atoms with Gasteiger partial charge in [-0.1, -0.05) is 55.8 Å². The zero-order valence-corrected chi connectivity index (χ0v) is 21.2. The Hall–Kier alpha value is -3.42. The fourth-order valence-corrected chi connectivity index (χ4v) is 5.09. The number of pyridine rings is 1. The molecule has 6 nitrogen and oxygen atoms in total. The van der Waals surface area contributed by atoms with Crippen molar-refractivity contribution in [2.24, 2.45) is 10.9 Å². The predicted octanol–water partition coefficient (Wildman–Crippen LogP) is 6.54. The summed E-state index contributed by atoms with van der Waals surface area (Å²) in [6, 6.07) is 13.8. The lowest BCUT2D eigenvalue weighted by Gasteiger charge is -2.14. The molecule has 4 aromatic rings. The highest BCUT2D eigenvalue weighted by atomic mass is 35.5. The van der Waals surface area contributed by atoms with Crippen LogP contribution in [0.15, 0.2) is 63.7 Å². The first-order valence-corrected chi connectivity index (χ1v) is 12.5. The number of esters is 1. The summed E-state index contributed by atoms with van der Waals surface area (Å²) in [6.07, 6.45) is 2.20. The van der Waals surface area contributed by atoms with Crippen molar-refractivity contribution in [3.05, 3.63) is 86.0 Å². The van der Waals surface area contributed by atoms with Crippen LogP contribution in [0.25, 0.3) is 16.5 Å². The monoisotopic (exact) mass is 508 g/mol. The third kappa shape index (κ3) is 4.88. The Morgan fingerprint density at radius 2 is 1.86 bits per heavy atom. The van der Waals surface area contributed by atoms with E-state index < -0.39 is 11.5 Å². The van der Waals surface area contributed by atoms with Crippen LogP contribution in [0.3, 0.4) is 0 Å². The maximum absolute atomic E-state index is 13.3. The molecular weight excluding hydrogens is 484 g/mol. The van der Waals surface area contributed by atoms with Gasteiger partial charge in [0.25, 0.3) is 5.56 Å². The van der Waals surface area contributed by atoms with Crippen LogP contribution in [0.4, 0.5) is 5.00 Å². The minimum Gasteiger partial charge on any atom is -0.494 e. The van der Waals surface area contributed by atoms with Crippen molar-refractivity contribution >= 4 is 50.9 Å². The van der Waals surface area contributed by atoms with Gasteiger partial charge in [0.15, 0.2) is 0 Å². The summed E-state index contributed by atoms with van der Waals surface area (Å²) in [5.74, 6) is -0.365. The number of aromatic hydroxyl groups is 1. The molecule has 2 aromatic heterocycles. The van der Waals surface area contributed by atoms with E-state index in [0.29, 0.717) is 49.9 Å². The zero-order valence-electron chi connectivity index (χ0n) is 19.6. The first-order chi connectivity index (χ1) is 16.8. The molecule has 0 aliphatic rings. The van der Waals surface area contributed by atoms with Gasteiger partial charge in [-0.25, -0.2) is 14.4 Å². The molecule has 2 aromatic carbocycles. The summed E-state index contributed by atoms with van der Waals surface area (Å²) in [4.78, 5) is 30.6. The van der Waals surface area contributed by atoms with Gasteiger partial charge < -0.3 is 9.84 Å². The van der Waals surface area contributed by atoms with Gasteiger partial charge in [0.05, 0.1) is 28.4 Å². The first-order valence-electron chi connectivity index (χ1n) is 11.3. The van der Waals surface area contributed by atoms with E-state index in [4.69, 9.17) is 16.3 Å². The number of carbonyl (C=O) groups excluding carboxylic acids is 1. The van der Waals surface area contributed by atoms with E-state index in [-0.39, 0.29) is 12.5 Å². The van der Waals surface area contributed by atoms with E-state index in [9.17, 15) is 14.7 Å². The molecule has 0 atom stereocenters. The molecule has 0 unspecified atom stereocenters. The smallest absolute Gasteiger partial charge is 0.341 e. The van der Waals surface area contributed by atoms with Crippen LogP contribution in [0.5, 0.6) is 5.88 Å². The van der Waals surface area contributed by atoms with Gasteiger partial charge in [0, 0.05) is 17.0 Å². The number of benzene rings is 2. The van der Waals surface area contributed by atoms with E-state index in [1.54, 1.807) is 55.5 Å². The van der Waals surface area contributed by atoms with Crippen molar-refractivity contribution in [2.75, 3.05) is 6.61 Å². The van der Waals surface area contributed by atoms with Gasteiger partial charge in [0.2, 0.25) is 5.88 Å². The molecule has 2 heterocycles. The molecule has 0 aliphatic carbocycles. The van der Waals surface area contributed by atoms with Crippen LogP contribution in [0.1, 0.15) is 42.3 Å². The van der Waals surface area contributed by atoms with E-state index >= 15 is 0 Å². The molecule has 0 spiro atoms. The Morgan fingerprint density at radius 1 is 1.17 bits per heavy atom. The number of hydrogen-bond donors (Lipinski definition) is 1. The topological polar surface area (TPSA) is 80.9 Å². The Balaban J connectivity index is 1.92.